The minimum atomic E-state index is -0.112. The fraction of sp³-hybridized carbons (Fsp3) is 0.357. The number of carbonyl (C=O) groups excluding carboxylic acids is 1. The largest absolute Gasteiger partial charge is 0.482 e. The molecule has 0 atom stereocenters. The van der Waals surface area contributed by atoms with Crippen molar-refractivity contribution < 1.29 is 9.53 Å². The number of nitrogen functional groups attached to an aromatic ring is 1. The van der Waals surface area contributed by atoms with E-state index >= 15 is 0 Å². The second kappa shape index (κ2) is 5.43. The first-order valence-electron chi connectivity index (χ1n) is 6.88. The second-order valence-corrected chi connectivity index (χ2v) is 4.90. The molecule has 0 bridgehead atoms. The number of fused-ring (bicyclic) bond motifs is 1. The molecule has 2 aromatic rings. The van der Waals surface area contributed by atoms with Crippen LogP contribution in [0.15, 0.2) is 24.5 Å². The van der Waals surface area contributed by atoms with E-state index in [4.69, 9.17) is 10.5 Å². The van der Waals surface area contributed by atoms with Crippen LogP contribution in [0.2, 0.25) is 0 Å². The van der Waals surface area contributed by atoms with Crippen molar-refractivity contribution in [3.05, 3.63) is 30.4 Å². The normalized spacial score (nSPS) is 14.0. The Balaban J connectivity index is 1.93. The van der Waals surface area contributed by atoms with E-state index in [1.165, 1.54) is 6.33 Å². The molecule has 0 fully saturated rings. The predicted molar refractivity (Wildman–Crippen MR) is 77.9 cm³/mol. The standard InChI is InChI=1S/C14H17N5O2/c1-2-5-19-13(16-9-17-19)7-18-11-6-10(15)3-4-12(11)21-8-14(18)20/h3-4,6,9H,2,5,7-8,15H2,1H3. The highest BCUT2D eigenvalue weighted by molar-refractivity contribution is 5.98. The molecule has 1 aliphatic rings. The summed E-state index contributed by atoms with van der Waals surface area (Å²) in [5.41, 5.74) is 7.08. The monoisotopic (exact) mass is 287 g/mol. The van der Waals surface area contributed by atoms with Gasteiger partial charge in [-0.3, -0.25) is 9.69 Å². The SMILES string of the molecule is CCCn1ncnc1CN1C(=O)COc2ccc(N)cc21. The maximum Gasteiger partial charge on any atom is 0.265 e. The van der Waals surface area contributed by atoms with E-state index < -0.39 is 0 Å². The summed E-state index contributed by atoms with van der Waals surface area (Å²) in [4.78, 5) is 18.1. The van der Waals surface area contributed by atoms with Crippen molar-refractivity contribution in [2.45, 2.75) is 26.4 Å². The Morgan fingerprint density at radius 2 is 2.29 bits per heavy atom. The zero-order valence-electron chi connectivity index (χ0n) is 11.8. The molecule has 0 saturated carbocycles. The van der Waals surface area contributed by atoms with Crippen LogP contribution >= 0.6 is 0 Å². The number of hydrogen-bond donors (Lipinski definition) is 1. The Kier molecular flexibility index (Phi) is 3.47. The third kappa shape index (κ3) is 2.54. The van der Waals surface area contributed by atoms with Gasteiger partial charge in [0.25, 0.3) is 5.91 Å². The third-order valence-electron chi connectivity index (χ3n) is 3.36. The lowest BCUT2D eigenvalue weighted by Crippen LogP contribution is -2.39. The van der Waals surface area contributed by atoms with Crippen molar-refractivity contribution in [3.8, 4) is 5.75 Å². The van der Waals surface area contributed by atoms with Gasteiger partial charge in [-0.1, -0.05) is 6.92 Å². The summed E-state index contributed by atoms with van der Waals surface area (Å²) < 4.78 is 7.24. The van der Waals surface area contributed by atoms with Crippen LogP contribution in [0.5, 0.6) is 5.75 Å². The second-order valence-electron chi connectivity index (χ2n) is 4.90. The molecule has 7 nitrogen and oxygen atoms in total. The fourth-order valence-corrected chi connectivity index (χ4v) is 2.34. The molecule has 1 amide bonds. The summed E-state index contributed by atoms with van der Waals surface area (Å²) in [6.45, 7) is 3.23. The molecule has 3 rings (SSSR count). The van der Waals surface area contributed by atoms with Crippen LogP contribution in [0.3, 0.4) is 0 Å². The van der Waals surface area contributed by atoms with Gasteiger partial charge in [-0.25, -0.2) is 9.67 Å². The van der Waals surface area contributed by atoms with Gasteiger partial charge in [-0.05, 0) is 24.6 Å². The third-order valence-corrected chi connectivity index (χ3v) is 3.36. The number of anilines is 2. The van der Waals surface area contributed by atoms with Gasteiger partial charge in [0.15, 0.2) is 6.61 Å². The molecule has 1 aromatic carbocycles. The first-order valence-corrected chi connectivity index (χ1v) is 6.88. The van der Waals surface area contributed by atoms with Gasteiger partial charge in [0.05, 0.1) is 12.2 Å². The first-order chi connectivity index (χ1) is 10.2. The van der Waals surface area contributed by atoms with Gasteiger partial charge in [-0.2, -0.15) is 5.10 Å². The average molecular weight is 287 g/mol. The van der Waals surface area contributed by atoms with Crippen molar-refractivity contribution in [3.63, 3.8) is 0 Å². The summed E-state index contributed by atoms with van der Waals surface area (Å²) in [7, 11) is 0. The van der Waals surface area contributed by atoms with Crippen LogP contribution in [0, 0.1) is 0 Å². The molecule has 0 aliphatic carbocycles. The Bertz CT molecular complexity index is 667. The van der Waals surface area contributed by atoms with Crippen LogP contribution in [0.1, 0.15) is 19.2 Å². The summed E-state index contributed by atoms with van der Waals surface area (Å²) in [6, 6.07) is 5.28. The first kappa shape index (κ1) is 13.4. The summed E-state index contributed by atoms with van der Waals surface area (Å²) in [5.74, 6) is 1.30. The minimum absolute atomic E-state index is 0.0266. The lowest BCUT2D eigenvalue weighted by Gasteiger charge is -2.29. The van der Waals surface area contributed by atoms with Crippen molar-refractivity contribution in [1.82, 2.24) is 14.8 Å². The number of benzene rings is 1. The molecule has 7 heteroatoms. The number of aromatic nitrogens is 3. The molecule has 110 valence electrons. The topological polar surface area (TPSA) is 86.3 Å². The fourth-order valence-electron chi connectivity index (χ4n) is 2.34. The smallest absolute Gasteiger partial charge is 0.265 e. The Morgan fingerprint density at radius 1 is 1.43 bits per heavy atom. The number of nitrogens with two attached hydrogens (primary N) is 1. The van der Waals surface area contributed by atoms with Gasteiger partial charge in [0, 0.05) is 12.2 Å². The van der Waals surface area contributed by atoms with Gasteiger partial charge in [-0.15, -0.1) is 0 Å². The highest BCUT2D eigenvalue weighted by atomic mass is 16.5. The van der Waals surface area contributed by atoms with E-state index in [-0.39, 0.29) is 12.5 Å². The summed E-state index contributed by atoms with van der Waals surface area (Å²) in [6.07, 6.45) is 2.47. The molecule has 1 aliphatic heterocycles. The van der Waals surface area contributed by atoms with Crippen molar-refractivity contribution in [2.75, 3.05) is 17.2 Å². The van der Waals surface area contributed by atoms with E-state index in [9.17, 15) is 4.79 Å². The maximum atomic E-state index is 12.2. The average Bonchev–Trinajstić information content (AvgIpc) is 2.90. The zero-order chi connectivity index (χ0) is 14.8. The number of amides is 1. The van der Waals surface area contributed by atoms with Crippen LogP contribution in [-0.4, -0.2) is 27.3 Å². The van der Waals surface area contributed by atoms with Crippen LogP contribution in [-0.2, 0) is 17.9 Å². The number of rotatable bonds is 4. The van der Waals surface area contributed by atoms with Gasteiger partial charge in [0.1, 0.15) is 17.9 Å². The van der Waals surface area contributed by atoms with Crippen molar-refractivity contribution >= 4 is 17.3 Å². The van der Waals surface area contributed by atoms with Crippen LogP contribution in [0.25, 0.3) is 0 Å². The van der Waals surface area contributed by atoms with Crippen LogP contribution in [0.4, 0.5) is 11.4 Å². The lowest BCUT2D eigenvalue weighted by atomic mass is 10.2. The highest BCUT2D eigenvalue weighted by Crippen LogP contribution is 2.34. The molecular formula is C14H17N5O2. The van der Waals surface area contributed by atoms with E-state index in [0.717, 1.165) is 18.8 Å². The lowest BCUT2D eigenvalue weighted by molar-refractivity contribution is -0.121. The minimum Gasteiger partial charge on any atom is -0.482 e. The van der Waals surface area contributed by atoms with Gasteiger partial charge in [0.2, 0.25) is 0 Å². The quantitative estimate of drug-likeness (QED) is 0.854. The molecule has 0 spiro atoms. The van der Waals surface area contributed by atoms with E-state index in [0.29, 0.717) is 23.7 Å². The summed E-state index contributed by atoms with van der Waals surface area (Å²) >= 11 is 0. The molecule has 0 unspecified atom stereocenters. The van der Waals surface area contributed by atoms with Gasteiger partial charge >= 0.3 is 0 Å². The maximum absolute atomic E-state index is 12.2. The Morgan fingerprint density at radius 3 is 3.10 bits per heavy atom. The van der Waals surface area contributed by atoms with E-state index in [2.05, 4.69) is 17.0 Å². The molecule has 1 aromatic heterocycles. The number of aryl methyl sites for hydroxylation is 1. The molecule has 0 saturated heterocycles. The Hall–Kier alpha value is -2.57. The molecule has 2 N–H and O–H groups in total. The van der Waals surface area contributed by atoms with Crippen LogP contribution < -0.4 is 15.4 Å². The number of ether oxygens (including phenoxy) is 1. The predicted octanol–water partition coefficient (Wildman–Crippen LogP) is 1.20. The molecule has 2 heterocycles. The molecular weight excluding hydrogens is 270 g/mol. The van der Waals surface area contributed by atoms with E-state index in [1.54, 1.807) is 23.1 Å². The summed E-state index contributed by atoms with van der Waals surface area (Å²) in [5, 5.41) is 4.18. The number of hydrogen-bond acceptors (Lipinski definition) is 5. The molecule has 0 radical (unpaired) electrons. The number of nitrogens with zero attached hydrogens (tertiary/aromatic N) is 4. The number of carbonyl (C=O) groups is 1. The zero-order valence-corrected chi connectivity index (χ0v) is 11.8. The Labute approximate surface area is 122 Å². The highest BCUT2D eigenvalue weighted by Gasteiger charge is 2.27. The molecule has 21 heavy (non-hydrogen) atoms. The van der Waals surface area contributed by atoms with E-state index in [1.807, 2.05) is 4.68 Å². The van der Waals surface area contributed by atoms with Crippen molar-refractivity contribution in [1.29, 1.82) is 0 Å². The van der Waals surface area contributed by atoms with Crippen molar-refractivity contribution in [2.24, 2.45) is 0 Å². The van der Waals surface area contributed by atoms with Gasteiger partial charge < -0.3 is 10.5 Å².